The summed E-state index contributed by atoms with van der Waals surface area (Å²) in [6, 6.07) is 5.05. The number of amides is 1. The number of nitrogens with one attached hydrogen (secondary N) is 1. The van der Waals surface area contributed by atoms with Gasteiger partial charge in [0.1, 0.15) is 0 Å². The van der Waals surface area contributed by atoms with Crippen molar-refractivity contribution >= 4 is 23.3 Å². The second kappa shape index (κ2) is 6.63. The van der Waals surface area contributed by atoms with Gasteiger partial charge in [0, 0.05) is 27.1 Å². The van der Waals surface area contributed by atoms with E-state index in [0.717, 1.165) is 0 Å². The maximum Gasteiger partial charge on any atom is 0.340 e. The molecule has 0 heterocycles. The zero-order chi connectivity index (χ0) is 14.4. The predicted molar refractivity (Wildman–Crippen MR) is 74.1 cm³/mol. The van der Waals surface area contributed by atoms with Crippen LogP contribution in [-0.4, -0.2) is 39.6 Å². The third kappa shape index (κ3) is 3.61. The Hall–Kier alpha value is -2.24. The molecular formula is C13H19N3O3. The van der Waals surface area contributed by atoms with Crippen LogP contribution in [0.15, 0.2) is 18.2 Å². The van der Waals surface area contributed by atoms with Gasteiger partial charge in [-0.2, -0.15) is 0 Å². The molecule has 0 saturated carbocycles. The molecule has 19 heavy (non-hydrogen) atoms. The Labute approximate surface area is 112 Å². The Morgan fingerprint density at radius 2 is 2.11 bits per heavy atom. The number of nitrogen functional groups attached to an aromatic ring is 1. The minimum Gasteiger partial charge on any atom is -0.465 e. The van der Waals surface area contributed by atoms with Gasteiger partial charge < -0.3 is 20.7 Å². The van der Waals surface area contributed by atoms with Crippen molar-refractivity contribution < 1.29 is 14.3 Å². The fourth-order valence-corrected chi connectivity index (χ4v) is 1.77. The van der Waals surface area contributed by atoms with Crippen LogP contribution in [0.25, 0.3) is 0 Å². The molecule has 0 aliphatic heterocycles. The van der Waals surface area contributed by atoms with Crippen LogP contribution in [0.1, 0.15) is 16.8 Å². The van der Waals surface area contributed by atoms with Gasteiger partial charge in [0.05, 0.1) is 24.0 Å². The Bertz CT molecular complexity index is 474. The van der Waals surface area contributed by atoms with E-state index in [-0.39, 0.29) is 5.91 Å². The lowest BCUT2D eigenvalue weighted by atomic mass is 10.1. The fourth-order valence-electron chi connectivity index (χ4n) is 1.77. The standard InChI is InChI=1S/C13H19N3O3/c1-15-11(17)7-8-16(2)12-9(13(18)19-3)5-4-6-10(12)14/h4-6H,7-8,14H2,1-3H3,(H,15,17). The van der Waals surface area contributed by atoms with Crippen molar-refractivity contribution in [3.05, 3.63) is 23.8 Å². The number of ether oxygens (including phenoxy) is 1. The molecule has 104 valence electrons. The largest absolute Gasteiger partial charge is 0.465 e. The SMILES string of the molecule is CNC(=O)CCN(C)c1c(N)cccc1C(=O)OC. The van der Waals surface area contributed by atoms with Gasteiger partial charge in [0.2, 0.25) is 5.91 Å². The van der Waals surface area contributed by atoms with Crippen molar-refractivity contribution in [2.75, 3.05) is 38.4 Å². The summed E-state index contributed by atoms with van der Waals surface area (Å²) < 4.78 is 4.73. The molecule has 0 saturated heterocycles. The predicted octanol–water partition coefficient (Wildman–Crippen LogP) is 0.628. The lowest BCUT2D eigenvalue weighted by Gasteiger charge is -2.23. The quantitative estimate of drug-likeness (QED) is 0.602. The molecule has 0 bridgehead atoms. The minimum atomic E-state index is -0.450. The highest BCUT2D eigenvalue weighted by Gasteiger charge is 2.17. The fraction of sp³-hybridized carbons (Fsp3) is 0.385. The first-order valence-electron chi connectivity index (χ1n) is 5.89. The molecule has 1 aromatic carbocycles. The number of nitrogens with two attached hydrogens (primary N) is 1. The van der Waals surface area contributed by atoms with E-state index in [4.69, 9.17) is 10.5 Å². The molecule has 3 N–H and O–H groups in total. The average Bonchev–Trinajstić information content (AvgIpc) is 2.43. The van der Waals surface area contributed by atoms with E-state index in [2.05, 4.69) is 5.32 Å². The monoisotopic (exact) mass is 265 g/mol. The number of rotatable bonds is 5. The Balaban J connectivity index is 2.97. The van der Waals surface area contributed by atoms with Crippen LogP contribution < -0.4 is 16.0 Å². The molecular weight excluding hydrogens is 246 g/mol. The number of carbonyl (C=O) groups is 2. The number of para-hydroxylation sites is 1. The molecule has 1 amide bonds. The van der Waals surface area contributed by atoms with E-state index in [0.29, 0.717) is 29.9 Å². The van der Waals surface area contributed by atoms with Gasteiger partial charge in [-0.3, -0.25) is 4.79 Å². The Kier molecular flexibility index (Phi) is 5.17. The molecule has 0 aliphatic rings. The van der Waals surface area contributed by atoms with Crippen molar-refractivity contribution in [1.82, 2.24) is 5.32 Å². The van der Waals surface area contributed by atoms with Crippen molar-refractivity contribution in [3.8, 4) is 0 Å². The molecule has 6 heteroatoms. The smallest absolute Gasteiger partial charge is 0.340 e. The van der Waals surface area contributed by atoms with Crippen molar-refractivity contribution in [2.45, 2.75) is 6.42 Å². The summed E-state index contributed by atoms with van der Waals surface area (Å²) in [7, 11) is 4.68. The maximum absolute atomic E-state index is 11.7. The van der Waals surface area contributed by atoms with E-state index in [1.54, 1.807) is 37.2 Å². The van der Waals surface area contributed by atoms with Crippen LogP contribution in [0.5, 0.6) is 0 Å². The van der Waals surface area contributed by atoms with Crippen LogP contribution in [0, 0.1) is 0 Å². The molecule has 0 aromatic heterocycles. The first-order chi connectivity index (χ1) is 9.01. The normalized spacial score (nSPS) is 9.84. The maximum atomic E-state index is 11.7. The van der Waals surface area contributed by atoms with E-state index < -0.39 is 5.97 Å². The average molecular weight is 265 g/mol. The second-order valence-electron chi connectivity index (χ2n) is 4.08. The number of nitrogens with zero attached hydrogens (tertiary/aromatic N) is 1. The topological polar surface area (TPSA) is 84.7 Å². The van der Waals surface area contributed by atoms with Gasteiger partial charge in [-0.1, -0.05) is 6.07 Å². The summed E-state index contributed by atoms with van der Waals surface area (Å²) in [5.41, 5.74) is 7.35. The first kappa shape index (κ1) is 14.8. The van der Waals surface area contributed by atoms with Gasteiger partial charge in [0.25, 0.3) is 0 Å². The van der Waals surface area contributed by atoms with Crippen LogP contribution >= 0.6 is 0 Å². The van der Waals surface area contributed by atoms with Crippen molar-refractivity contribution in [2.24, 2.45) is 0 Å². The van der Waals surface area contributed by atoms with Crippen LogP contribution in [0.4, 0.5) is 11.4 Å². The van der Waals surface area contributed by atoms with E-state index in [1.165, 1.54) is 7.11 Å². The summed E-state index contributed by atoms with van der Waals surface area (Å²) >= 11 is 0. The molecule has 0 radical (unpaired) electrons. The van der Waals surface area contributed by atoms with Crippen LogP contribution in [0.3, 0.4) is 0 Å². The zero-order valence-corrected chi connectivity index (χ0v) is 11.4. The molecule has 0 unspecified atom stereocenters. The highest BCUT2D eigenvalue weighted by molar-refractivity contribution is 5.99. The van der Waals surface area contributed by atoms with E-state index >= 15 is 0 Å². The van der Waals surface area contributed by atoms with Gasteiger partial charge >= 0.3 is 5.97 Å². The van der Waals surface area contributed by atoms with Gasteiger partial charge in [-0.05, 0) is 12.1 Å². The van der Waals surface area contributed by atoms with Crippen molar-refractivity contribution in [1.29, 1.82) is 0 Å². The van der Waals surface area contributed by atoms with Crippen LogP contribution in [-0.2, 0) is 9.53 Å². The summed E-state index contributed by atoms with van der Waals surface area (Å²) in [4.78, 5) is 24.7. The molecule has 1 aromatic rings. The lowest BCUT2D eigenvalue weighted by molar-refractivity contribution is -0.120. The molecule has 1 rings (SSSR count). The molecule has 6 nitrogen and oxygen atoms in total. The Morgan fingerprint density at radius 1 is 1.42 bits per heavy atom. The van der Waals surface area contributed by atoms with Gasteiger partial charge in [0.15, 0.2) is 0 Å². The molecule has 0 atom stereocenters. The number of methoxy groups -OCH3 is 1. The third-order valence-electron chi connectivity index (χ3n) is 2.81. The number of benzene rings is 1. The number of esters is 1. The third-order valence-corrected chi connectivity index (χ3v) is 2.81. The number of anilines is 2. The van der Waals surface area contributed by atoms with Gasteiger partial charge in [-0.15, -0.1) is 0 Å². The number of hydrogen-bond acceptors (Lipinski definition) is 5. The summed E-state index contributed by atoms with van der Waals surface area (Å²) in [6.45, 7) is 0.456. The highest BCUT2D eigenvalue weighted by Crippen LogP contribution is 2.27. The van der Waals surface area contributed by atoms with E-state index in [9.17, 15) is 9.59 Å². The molecule has 0 aliphatic carbocycles. The zero-order valence-electron chi connectivity index (χ0n) is 11.4. The lowest BCUT2D eigenvalue weighted by Crippen LogP contribution is -2.28. The first-order valence-corrected chi connectivity index (χ1v) is 5.89. The van der Waals surface area contributed by atoms with E-state index in [1.807, 2.05) is 0 Å². The Morgan fingerprint density at radius 3 is 2.68 bits per heavy atom. The van der Waals surface area contributed by atoms with Crippen molar-refractivity contribution in [3.63, 3.8) is 0 Å². The van der Waals surface area contributed by atoms with Gasteiger partial charge in [-0.25, -0.2) is 4.79 Å². The van der Waals surface area contributed by atoms with Crippen LogP contribution in [0.2, 0.25) is 0 Å². The summed E-state index contributed by atoms with van der Waals surface area (Å²) in [5.74, 6) is -0.518. The highest BCUT2D eigenvalue weighted by atomic mass is 16.5. The summed E-state index contributed by atoms with van der Waals surface area (Å²) in [5, 5.41) is 2.55. The second-order valence-corrected chi connectivity index (χ2v) is 4.08. The number of carbonyl (C=O) groups excluding carboxylic acids is 2. The molecule has 0 spiro atoms. The minimum absolute atomic E-state index is 0.0685. The summed E-state index contributed by atoms with van der Waals surface area (Å²) in [6.07, 6.45) is 0.321. The molecule has 0 fully saturated rings. The number of hydrogen-bond donors (Lipinski definition) is 2.